The van der Waals surface area contributed by atoms with E-state index in [9.17, 15) is 9.90 Å². The summed E-state index contributed by atoms with van der Waals surface area (Å²) in [5.41, 5.74) is 0.190. The Morgan fingerprint density at radius 3 is 3.12 bits per heavy atom. The van der Waals surface area contributed by atoms with Gasteiger partial charge in [0.1, 0.15) is 6.61 Å². The molecule has 1 aromatic heterocycles. The lowest BCUT2D eigenvalue weighted by molar-refractivity contribution is 0.0904. The summed E-state index contributed by atoms with van der Waals surface area (Å²) in [7, 11) is 1.53. The minimum atomic E-state index is -0.533. The van der Waals surface area contributed by atoms with Gasteiger partial charge in [0.15, 0.2) is 11.5 Å². The van der Waals surface area contributed by atoms with E-state index < -0.39 is 6.10 Å². The SMILES string of the molecule is CCC(O)CNC(=O)c1cc(COC)on1. The Balaban J connectivity index is 2.46. The van der Waals surface area contributed by atoms with Crippen LogP contribution in [-0.2, 0) is 11.3 Å². The number of carbonyl (C=O) groups is 1. The van der Waals surface area contributed by atoms with Gasteiger partial charge in [0, 0.05) is 19.7 Å². The molecule has 1 rings (SSSR count). The molecule has 0 spiro atoms. The third-order valence-corrected chi connectivity index (χ3v) is 2.05. The number of aromatic nitrogens is 1. The van der Waals surface area contributed by atoms with Crippen LogP contribution in [0.3, 0.4) is 0 Å². The van der Waals surface area contributed by atoms with Gasteiger partial charge in [-0.25, -0.2) is 0 Å². The summed E-state index contributed by atoms with van der Waals surface area (Å²) in [5.74, 6) is 0.127. The smallest absolute Gasteiger partial charge is 0.273 e. The van der Waals surface area contributed by atoms with Crippen molar-refractivity contribution in [3.8, 4) is 0 Å². The number of ether oxygens (including phenoxy) is 1. The molecule has 90 valence electrons. The van der Waals surface area contributed by atoms with Crippen LogP contribution in [0.4, 0.5) is 0 Å². The van der Waals surface area contributed by atoms with Crippen LogP contribution < -0.4 is 5.32 Å². The first-order valence-corrected chi connectivity index (χ1v) is 5.08. The van der Waals surface area contributed by atoms with Crippen LogP contribution in [0, 0.1) is 0 Å². The normalized spacial score (nSPS) is 12.4. The number of methoxy groups -OCH3 is 1. The van der Waals surface area contributed by atoms with Gasteiger partial charge in [0.05, 0.1) is 6.10 Å². The topological polar surface area (TPSA) is 84.6 Å². The molecular formula is C10H16N2O4. The van der Waals surface area contributed by atoms with Crippen LogP contribution in [0.15, 0.2) is 10.6 Å². The molecule has 0 aliphatic rings. The first-order chi connectivity index (χ1) is 7.67. The Bertz CT molecular complexity index is 337. The molecule has 0 fully saturated rings. The molecule has 0 saturated heterocycles. The van der Waals surface area contributed by atoms with Crippen molar-refractivity contribution in [3.63, 3.8) is 0 Å². The van der Waals surface area contributed by atoms with Gasteiger partial charge >= 0.3 is 0 Å². The van der Waals surface area contributed by atoms with E-state index in [1.54, 1.807) is 0 Å². The Morgan fingerprint density at radius 1 is 1.75 bits per heavy atom. The molecule has 0 radical (unpaired) electrons. The van der Waals surface area contributed by atoms with Crippen LogP contribution in [0.25, 0.3) is 0 Å². The average molecular weight is 228 g/mol. The minimum absolute atomic E-state index is 0.190. The van der Waals surface area contributed by atoms with Gasteiger partial charge in [-0.3, -0.25) is 4.79 Å². The van der Waals surface area contributed by atoms with Crippen molar-refractivity contribution in [2.24, 2.45) is 0 Å². The van der Waals surface area contributed by atoms with E-state index in [1.807, 2.05) is 6.92 Å². The highest BCUT2D eigenvalue weighted by Crippen LogP contribution is 2.04. The third kappa shape index (κ3) is 3.63. The average Bonchev–Trinajstić information content (AvgIpc) is 2.74. The first-order valence-electron chi connectivity index (χ1n) is 5.08. The lowest BCUT2D eigenvalue weighted by atomic mass is 10.2. The van der Waals surface area contributed by atoms with Crippen molar-refractivity contribution in [1.29, 1.82) is 0 Å². The summed E-state index contributed by atoms with van der Waals surface area (Å²) in [6.07, 6.45) is 0.0582. The highest BCUT2D eigenvalue weighted by molar-refractivity contribution is 5.92. The third-order valence-electron chi connectivity index (χ3n) is 2.05. The van der Waals surface area contributed by atoms with E-state index in [-0.39, 0.29) is 24.8 Å². The second-order valence-corrected chi connectivity index (χ2v) is 3.38. The molecule has 1 heterocycles. The molecule has 6 heteroatoms. The van der Waals surface area contributed by atoms with Crippen LogP contribution in [0.2, 0.25) is 0 Å². The number of nitrogens with one attached hydrogen (secondary N) is 1. The van der Waals surface area contributed by atoms with Gasteiger partial charge in [-0.15, -0.1) is 0 Å². The maximum atomic E-state index is 11.5. The summed E-state index contributed by atoms with van der Waals surface area (Å²) >= 11 is 0. The molecule has 0 saturated carbocycles. The standard InChI is InChI=1S/C10H16N2O4/c1-3-7(13)5-11-10(14)9-4-8(6-15-2)16-12-9/h4,7,13H,3,5-6H2,1-2H3,(H,11,14). The molecular weight excluding hydrogens is 212 g/mol. The second kappa shape index (κ2) is 6.24. The maximum absolute atomic E-state index is 11.5. The largest absolute Gasteiger partial charge is 0.391 e. The lowest BCUT2D eigenvalue weighted by Crippen LogP contribution is -2.31. The van der Waals surface area contributed by atoms with E-state index in [0.717, 1.165) is 0 Å². The molecule has 1 unspecified atom stereocenters. The summed E-state index contributed by atoms with van der Waals surface area (Å²) in [5, 5.41) is 15.4. The molecule has 1 aromatic rings. The Kier molecular flexibility index (Phi) is 4.94. The molecule has 1 atom stereocenters. The Morgan fingerprint density at radius 2 is 2.50 bits per heavy atom. The number of carbonyl (C=O) groups excluding carboxylic acids is 1. The highest BCUT2D eigenvalue weighted by Gasteiger charge is 2.13. The zero-order valence-electron chi connectivity index (χ0n) is 9.40. The van der Waals surface area contributed by atoms with Crippen molar-refractivity contribution < 1.29 is 19.2 Å². The fourth-order valence-corrected chi connectivity index (χ4v) is 1.08. The maximum Gasteiger partial charge on any atom is 0.273 e. The van der Waals surface area contributed by atoms with Gasteiger partial charge in [-0.05, 0) is 6.42 Å². The number of hydrogen-bond donors (Lipinski definition) is 2. The van der Waals surface area contributed by atoms with Gasteiger partial charge < -0.3 is 19.7 Å². The van der Waals surface area contributed by atoms with Crippen LogP contribution in [0.1, 0.15) is 29.6 Å². The quantitative estimate of drug-likeness (QED) is 0.732. The first kappa shape index (κ1) is 12.7. The number of aliphatic hydroxyl groups excluding tert-OH is 1. The number of hydrogen-bond acceptors (Lipinski definition) is 5. The summed E-state index contributed by atoms with van der Waals surface area (Å²) in [6.45, 7) is 2.32. The summed E-state index contributed by atoms with van der Waals surface area (Å²) in [6, 6.07) is 1.51. The fraction of sp³-hybridized carbons (Fsp3) is 0.600. The Labute approximate surface area is 93.6 Å². The number of amides is 1. The molecule has 0 aliphatic carbocycles. The zero-order valence-corrected chi connectivity index (χ0v) is 9.40. The van der Waals surface area contributed by atoms with Gasteiger partial charge in [-0.1, -0.05) is 12.1 Å². The van der Waals surface area contributed by atoms with Crippen molar-refractivity contribution in [2.45, 2.75) is 26.1 Å². The van der Waals surface area contributed by atoms with Crippen LogP contribution in [0.5, 0.6) is 0 Å². The molecule has 0 aliphatic heterocycles. The van der Waals surface area contributed by atoms with Crippen molar-refractivity contribution in [2.75, 3.05) is 13.7 Å². The van der Waals surface area contributed by atoms with E-state index in [0.29, 0.717) is 12.2 Å². The number of rotatable bonds is 6. The molecule has 6 nitrogen and oxygen atoms in total. The van der Waals surface area contributed by atoms with E-state index in [1.165, 1.54) is 13.2 Å². The monoisotopic (exact) mass is 228 g/mol. The molecule has 0 aromatic carbocycles. The van der Waals surface area contributed by atoms with Crippen LogP contribution >= 0.6 is 0 Å². The van der Waals surface area contributed by atoms with E-state index in [2.05, 4.69) is 10.5 Å². The summed E-state index contributed by atoms with van der Waals surface area (Å²) in [4.78, 5) is 11.5. The fourth-order valence-electron chi connectivity index (χ4n) is 1.08. The molecule has 1 amide bonds. The van der Waals surface area contributed by atoms with Gasteiger partial charge in [-0.2, -0.15) is 0 Å². The predicted molar refractivity (Wildman–Crippen MR) is 55.8 cm³/mol. The van der Waals surface area contributed by atoms with E-state index >= 15 is 0 Å². The number of aliphatic hydroxyl groups is 1. The van der Waals surface area contributed by atoms with E-state index in [4.69, 9.17) is 9.26 Å². The van der Waals surface area contributed by atoms with Crippen LogP contribution in [-0.4, -0.2) is 35.9 Å². The second-order valence-electron chi connectivity index (χ2n) is 3.38. The molecule has 0 bridgehead atoms. The van der Waals surface area contributed by atoms with Gasteiger partial charge in [0.25, 0.3) is 5.91 Å². The lowest BCUT2D eigenvalue weighted by Gasteiger charge is -2.07. The van der Waals surface area contributed by atoms with Gasteiger partial charge in [0.2, 0.25) is 0 Å². The van der Waals surface area contributed by atoms with Crippen molar-refractivity contribution in [1.82, 2.24) is 10.5 Å². The summed E-state index contributed by atoms with van der Waals surface area (Å²) < 4.78 is 9.69. The predicted octanol–water partition coefficient (Wildman–Crippen LogP) is 0.322. The number of nitrogens with zero attached hydrogens (tertiary/aromatic N) is 1. The molecule has 2 N–H and O–H groups in total. The Hall–Kier alpha value is -1.40. The van der Waals surface area contributed by atoms with Crippen molar-refractivity contribution in [3.05, 3.63) is 17.5 Å². The zero-order chi connectivity index (χ0) is 12.0. The highest BCUT2D eigenvalue weighted by atomic mass is 16.5. The minimum Gasteiger partial charge on any atom is -0.391 e. The van der Waals surface area contributed by atoms with Crippen molar-refractivity contribution >= 4 is 5.91 Å². The molecule has 16 heavy (non-hydrogen) atoms.